The van der Waals surface area contributed by atoms with Gasteiger partial charge < -0.3 is 5.32 Å². The molecule has 0 aliphatic heterocycles. The molecule has 2 aromatic rings. The molecule has 1 aromatic heterocycles. The van der Waals surface area contributed by atoms with Crippen LogP contribution in [0.2, 0.25) is 5.02 Å². The van der Waals surface area contributed by atoms with Crippen LogP contribution in [0.4, 0.5) is 8.78 Å². The van der Waals surface area contributed by atoms with Gasteiger partial charge in [-0.25, -0.2) is 0 Å². The van der Waals surface area contributed by atoms with E-state index in [0.29, 0.717) is 14.4 Å². The first-order valence-electron chi connectivity index (χ1n) is 5.55. The summed E-state index contributed by atoms with van der Waals surface area (Å²) in [5, 5.41) is 4.33. The zero-order valence-electron chi connectivity index (χ0n) is 10.00. The third kappa shape index (κ3) is 3.56. The monoisotopic (exact) mass is 379 g/mol. The van der Waals surface area contributed by atoms with E-state index in [-0.39, 0.29) is 5.56 Å². The maximum Gasteiger partial charge on any atom is 0.290 e. The molecule has 0 saturated heterocycles. The first-order valence-corrected chi connectivity index (χ1v) is 7.60. The quantitative estimate of drug-likeness (QED) is 0.819. The SMILES string of the molecule is O=C(NCC(F)(F)c1ccc(Cl)cc1)c1sccc1Br. The molecule has 1 aromatic carbocycles. The van der Waals surface area contributed by atoms with Crippen molar-refractivity contribution in [2.24, 2.45) is 0 Å². The number of carbonyl (C=O) groups is 1. The van der Waals surface area contributed by atoms with E-state index in [1.54, 1.807) is 11.4 Å². The number of hydrogen-bond donors (Lipinski definition) is 1. The summed E-state index contributed by atoms with van der Waals surface area (Å²) in [5.41, 5.74) is -0.188. The Morgan fingerprint density at radius 1 is 1.30 bits per heavy atom. The Morgan fingerprint density at radius 3 is 2.50 bits per heavy atom. The minimum absolute atomic E-state index is 0.188. The number of nitrogens with one attached hydrogen (secondary N) is 1. The number of carbonyl (C=O) groups excluding carboxylic acids is 1. The first kappa shape index (κ1) is 15.4. The highest BCUT2D eigenvalue weighted by Gasteiger charge is 2.32. The van der Waals surface area contributed by atoms with Gasteiger partial charge in [0.25, 0.3) is 11.8 Å². The van der Waals surface area contributed by atoms with Crippen molar-refractivity contribution in [3.63, 3.8) is 0 Å². The Balaban J connectivity index is 2.04. The Morgan fingerprint density at radius 2 is 1.95 bits per heavy atom. The van der Waals surface area contributed by atoms with Crippen LogP contribution in [-0.4, -0.2) is 12.5 Å². The van der Waals surface area contributed by atoms with Gasteiger partial charge in [-0.3, -0.25) is 4.79 Å². The normalized spacial score (nSPS) is 11.4. The highest BCUT2D eigenvalue weighted by molar-refractivity contribution is 9.10. The van der Waals surface area contributed by atoms with Crippen LogP contribution in [-0.2, 0) is 5.92 Å². The molecule has 20 heavy (non-hydrogen) atoms. The van der Waals surface area contributed by atoms with E-state index in [9.17, 15) is 13.6 Å². The van der Waals surface area contributed by atoms with Crippen molar-refractivity contribution in [2.75, 3.05) is 6.54 Å². The van der Waals surface area contributed by atoms with Gasteiger partial charge >= 0.3 is 0 Å². The molecule has 2 nitrogen and oxygen atoms in total. The molecule has 0 aliphatic carbocycles. The van der Waals surface area contributed by atoms with Gasteiger partial charge in [-0.05, 0) is 39.5 Å². The maximum absolute atomic E-state index is 13.9. The second-order valence-electron chi connectivity index (χ2n) is 3.99. The number of benzene rings is 1. The van der Waals surface area contributed by atoms with Crippen molar-refractivity contribution >= 4 is 44.8 Å². The molecule has 0 radical (unpaired) electrons. The maximum atomic E-state index is 13.9. The smallest absolute Gasteiger partial charge is 0.290 e. The molecule has 0 fully saturated rings. The van der Waals surface area contributed by atoms with Crippen molar-refractivity contribution in [3.05, 3.63) is 55.6 Å². The van der Waals surface area contributed by atoms with Crippen molar-refractivity contribution in [1.82, 2.24) is 5.32 Å². The second-order valence-corrected chi connectivity index (χ2v) is 6.20. The van der Waals surface area contributed by atoms with E-state index >= 15 is 0 Å². The lowest BCUT2D eigenvalue weighted by Gasteiger charge is -2.17. The van der Waals surface area contributed by atoms with Crippen LogP contribution in [0.5, 0.6) is 0 Å². The first-order chi connectivity index (χ1) is 9.40. The molecule has 0 spiro atoms. The van der Waals surface area contributed by atoms with Gasteiger partial charge in [0.15, 0.2) is 0 Å². The predicted octanol–water partition coefficient (Wildman–Crippen LogP) is 4.69. The van der Waals surface area contributed by atoms with Crippen molar-refractivity contribution in [3.8, 4) is 0 Å². The Bertz CT molecular complexity index is 615. The van der Waals surface area contributed by atoms with Gasteiger partial charge in [-0.15, -0.1) is 11.3 Å². The molecule has 0 unspecified atom stereocenters. The molecule has 1 heterocycles. The van der Waals surface area contributed by atoms with Gasteiger partial charge in [0.1, 0.15) is 4.88 Å². The summed E-state index contributed by atoms with van der Waals surface area (Å²) in [6, 6.07) is 6.97. The highest BCUT2D eigenvalue weighted by atomic mass is 79.9. The number of amides is 1. The highest BCUT2D eigenvalue weighted by Crippen LogP contribution is 2.29. The van der Waals surface area contributed by atoms with E-state index in [4.69, 9.17) is 11.6 Å². The standard InChI is InChI=1S/C13H9BrClF2NOS/c14-10-5-6-20-11(10)12(19)18-7-13(16,17)8-1-3-9(15)4-2-8/h1-6H,7H2,(H,18,19). The number of hydrogen-bond acceptors (Lipinski definition) is 2. The molecule has 0 saturated carbocycles. The minimum atomic E-state index is -3.15. The van der Waals surface area contributed by atoms with Crippen LogP contribution < -0.4 is 5.32 Å². The largest absolute Gasteiger partial charge is 0.345 e. The number of thiophene rings is 1. The Hall–Kier alpha value is -0.980. The zero-order chi connectivity index (χ0) is 14.8. The molecular formula is C13H9BrClF2NOS. The molecule has 2 rings (SSSR count). The van der Waals surface area contributed by atoms with Gasteiger partial charge in [0, 0.05) is 15.1 Å². The van der Waals surface area contributed by atoms with E-state index in [2.05, 4.69) is 21.2 Å². The van der Waals surface area contributed by atoms with E-state index in [0.717, 1.165) is 0 Å². The van der Waals surface area contributed by atoms with Gasteiger partial charge in [-0.2, -0.15) is 8.78 Å². The molecule has 1 N–H and O–H groups in total. The van der Waals surface area contributed by atoms with Crippen molar-refractivity contribution < 1.29 is 13.6 Å². The molecule has 106 valence electrons. The summed E-state index contributed by atoms with van der Waals surface area (Å²) >= 11 is 10.0. The molecule has 7 heteroatoms. The zero-order valence-corrected chi connectivity index (χ0v) is 13.2. The lowest BCUT2D eigenvalue weighted by Crippen LogP contribution is -2.34. The topological polar surface area (TPSA) is 29.1 Å². The summed E-state index contributed by atoms with van der Waals surface area (Å²) in [4.78, 5) is 12.1. The molecule has 0 aliphatic rings. The van der Waals surface area contributed by atoms with Crippen molar-refractivity contribution in [2.45, 2.75) is 5.92 Å². The molecule has 0 atom stereocenters. The van der Waals surface area contributed by atoms with E-state index in [1.165, 1.54) is 35.6 Å². The van der Waals surface area contributed by atoms with Crippen LogP contribution in [0.25, 0.3) is 0 Å². The average Bonchev–Trinajstić information content (AvgIpc) is 2.83. The predicted molar refractivity (Wildman–Crippen MR) is 79.7 cm³/mol. The van der Waals surface area contributed by atoms with E-state index in [1.807, 2.05) is 0 Å². The molecule has 1 amide bonds. The lowest BCUT2D eigenvalue weighted by molar-refractivity contribution is -0.00243. The fourth-order valence-corrected chi connectivity index (χ4v) is 3.12. The van der Waals surface area contributed by atoms with Crippen LogP contribution in [0.3, 0.4) is 0 Å². The summed E-state index contributed by atoms with van der Waals surface area (Å²) in [6.45, 7) is -0.766. The van der Waals surface area contributed by atoms with Gasteiger partial charge in [0.2, 0.25) is 0 Å². The summed E-state index contributed by atoms with van der Waals surface area (Å²) in [6.07, 6.45) is 0. The van der Waals surface area contributed by atoms with Crippen LogP contribution in [0, 0.1) is 0 Å². The fourth-order valence-electron chi connectivity index (χ4n) is 1.52. The molecular weight excluding hydrogens is 372 g/mol. The summed E-state index contributed by atoms with van der Waals surface area (Å²) < 4.78 is 28.4. The lowest BCUT2D eigenvalue weighted by atomic mass is 10.1. The van der Waals surface area contributed by atoms with Gasteiger partial charge in [-0.1, -0.05) is 23.7 Å². The average molecular weight is 381 g/mol. The van der Waals surface area contributed by atoms with Crippen molar-refractivity contribution in [1.29, 1.82) is 0 Å². The molecule has 0 bridgehead atoms. The minimum Gasteiger partial charge on any atom is -0.345 e. The fraction of sp³-hybridized carbons (Fsp3) is 0.154. The van der Waals surface area contributed by atoms with Crippen LogP contribution >= 0.6 is 38.9 Å². The summed E-state index contributed by atoms with van der Waals surface area (Å²) in [7, 11) is 0. The van der Waals surface area contributed by atoms with Gasteiger partial charge in [0.05, 0.1) is 6.54 Å². The summed E-state index contributed by atoms with van der Waals surface area (Å²) in [5.74, 6) is -3.68. The second kappa shape index (κ2) is 6.20. The van der Waals surface area contributed by atoms with Crippen LogP contribution in [0.1, 0.15) is 15.2 Å². The van der Waals surface area contributed by atoms with Crippen LogP contribution in [0.15, 0.2) is 40.2 Å². The Labute approximate surface area is 131 Å². The Kier molecular flexibility index (Phi) is 4.78. The third-order valence-corrected chi connectivity index (χ3v) is 4.65. The number of rotatable bonds is 4. The number of halogens is 4. The third-order valence-electron chi connectivity index (χ3n) is 2.56. The van der Waals surface area contributed by atoms with E-state index < -0.39 is 18.4 Å². The number of alkyl halides is 2.